The summed E-state index contributed by atoms with van der Waals surface area (Å²) in [4.78, 5) is 40.1. The van der Waals surface area contributed by atoms with Crippen LogP contribution in [0.3, 0.4) is 0 Å². The Morgan fingerprint density at radius 1 is 0.576 bits per heavy atom. The number of allylic oxidation sites excluding steroid dienone is 14. The van der Waals surface area contributed by atoms with Gasteiger partial charge in [0.1, 0.15) is 13.2 Å². The van der Waals surface area contributed by atoms with Gasteiger partial charge in [0.15, 0.2) is 5.78 Å². The Bertz CT molecular complexity index is 2440. The Balaban J connectivity index is 0.983. The van der Waals surface area contributed by atoms with Gasteiger partial charge in [0.05, 0.1) is 6.04 Å². The quantitative estimate of drug-likeness (QED) is 0.0466. The molecule has 2 N–H and O–H groups in total. The van der Waals surface area contributed by atoms with Gasteiger partial charge in [-0.2, -0.15) is 0 Å². The second-order valence-electron chi connectivity index (χ2n) is 17.4. The van der Waals surface area contributed by atoms with Gasteiger partial charge in [-0.25, -0.2) is 9.59 Å². The number of carbonyl (C=O) groups excluding carboxylic acids is 3. The fourth-order valence-corrected chi connectivity index (χ4v) is 8.71. The van der Waals surface area contributed by atoms with Crippen LogP contribution in [0.4, 0.5) is 9.59 Å². The standard InChI is InChI=1S/C59H66N2O5/c1-6-7-21-42(2)22-18-23-43(3)24-19-25-44(4)26-20-27-45(5)37-38-57(62)56(61-59(64)66-41-55-52-34-14-10-30-48(52)49-31-11-15-35-53(49)55)36-16-17-39-60-58(63)65-40-54-50-32-12-8-28-46(50)47-29-9-13-33-51(47)54/h6-15,18-19,21-25,27-35,54-56H,16-17,20,26,36-41H2,1-5H3,(H,60,63)(H,61,64)/b7-6+,22-18+,24-19+,42-21+,43-23+,44-25+,45-27+/t56-/m0/s1. The summed E-state index contributed by atoms with van der Waals surface area (Å²) in [5.41, 5.74) is 14.0. The van der Waals surface area contributed by atoms with Crippen LogP contribution >= 0.6 is 0 Å². The molecule has 7 nitrogen and oxygen atoms in total. The van der Waals surface area contributed by atoms with Gasteiger partial charge in [-0.05, 0) is 118 Å². The summed E-state index contributed by atoms with van der Waals surface area (Å²) in [6.45, 7) is 11.2. The normalized spacial score (nSPS) is 14.6. The highest BCUT2D eigenvalue weighted by molar-refractivity contribution is 5.87. The lowest BCUT2D eigenvalue weighted by molar-refractivity contribution is -0.121. The summed E-state index contributed by atoms with van der Waals surface area (Å²) in [5, 5.41) is 5.80. The first-order chi connectivity index (χ1) is 32.1. The minimum atomic E-state index is -0.716. The van der Waals surface area contributed by atoms with Gasteiger partial charge in [0.25, 0.3) is 0 Å². The van der Waals surface area contributed by atoms with Crippen LogP contribution in [0, 0.1) is 0 Å². The Hall–Kier alpha value is -6.73. The fraction of sp³-hybridized carbons (Fsp3) is 0.305. The molecule has 0 unspecified atom stereocenters. The van der Waals surface area contributed by atoms with Crippen molar-refractivity contribution in [2.24, 2.45) is 0 Å². The Morgan fingerprint density at radius 2 is 1.06 bits per heavy atom. The second kappa shape index (κ2) is 25.1. The first-order valence-corrected chi connectivity index (χ1v) is 23.5. The van der Waals surface area contributed by atoms with Gasteiger partial charge in [0, 0.05) is 24.8 Å². The number of alkyl carbamates (subject to hydrolysis) is 2. The van der Waals surface area contributed by atoms with E-state index in [4.69, 9.17) is 9.47 Å². The number of amides is 2. The van der Waals surface area contributed by atoms with Crippen LogP contribution in [-0.4, -0.2) is 43.8 Å². The molecule has 0 saturated heterocycles. The van der Waals surface area contributed by atoms with E-state index < -0.39 is 18.2 Å². The molecular formula is C59H66N2O5. The minimum absolute atomic E-state index is 0.0166. The topological polar surface area (TPSA) is 93.7 Å². The fourth-order valence-electron chi connectivity index (χ4n) is 8.71. The van der Waals surface area contributed by atoms with Crippen molar-refractivity contribution in [3.8, 4) is 22.3 Å². The summed E-state index contributed by atoms with van der Waals surface area (Å²) in [6, 6.07) is 32.2. The number of hydrogen-bond donors (Lipinski definition) is 2. The van der Waals surface area contributed by atoms with Crippen molar-refractivity contribution < 1.29 is 23.9 Å². The predicted octanol–water partition coefficient (Wildman–Crippen LogP) is 14.2. The average Bonchev–Trinajstić information content (AvgIpc) is 3.82. The lowest BCUT2D eigenvalue weighted by atomic mass is 9.98. The van der Waals surface area contributed by atoms with Crippen molar-refractivity contribution in [2.75, 3.05) is 19.8 Å². The molecule has 0 aliphatic heterocycles. The molecule has 6 rings (SSSR count). The molecule has 2 amide bonds. The van der Waals surface area contributed by atoms with Gasteiger partial charge in [-0.15, -0.1) is 0 Å². The van der Waals surface area contributed by atoms with E-state index in [-0.39, 0.29) is 30.8 Å². The Labute approximate surface area is 392 Å². The van der Waals surface area contributed by atoms with Crippen LogP contribution in [0.5, 0.6) is 0 Å². The zero-order valence-electron chi connectivity index (χ0n) is 39.4. The number of rotatable bonds is 22. The number of hydrogen-bond acceptors (Lipinski definition) is 5. The summed E-state index contributed by atoms with van der Waals surface area (Å²) in [6.07, 6.45) is 24.2. The molecule has 4 aromatic carbocycles. The van der Waals surface area contributed by atoms with Crippen molar-refractivity contribution in [1.29, 1.82) is 0 Å². The second-order valence-corrected chi connectivity index (χ2v) is 17.4. The molecule has 0 spiro atoms. The van der Waals surface area contributed by atoms with E-state index in [0.29, 0.717) is 38.6 Å². The van der Waals surface area contributed by atoms with E-state index in [9.17, 15) is 14.4 Å². The molecule has 0 bridgehead atoms. The maximum absolute atomic E-state index is 13.8. The number of carbonyl (C=O) groups is 3. The highest BCUT2D eigenvalue weighted by atomic mass is 16.6. The molecule has 66 heavy (non-hydrogen) atoms. The number of benzene rings is 4. The summed E-state index contributed by atoms with van der Waals surface area (Å²) in [7, 11) is 0. The van der Waals surface area contributed by atoms with E-state index in [1.54, 1.807) is 0 Å². The monoisotopic (exact) mass is 882 g/mol. The first kappa shape index (κ1) is 48.7. The van der Waals surface area contributed by atoms with Crippen molar-refractivity contribution in [3.05, 3.63) is 202 Å². The molecule has 0 fully saturated rings. The van der Waals surface area contributed by atoms with E-state index in [2.05, 4.69) is 135 Å². The maximum atomic E-state index is 13.8. The SMILES string of the molecule is C/C=C/C=C(C)/C=C/C=C(C)/C=C/C=C(\C)CC/C=C(\C)CCC(=O)[C@H](CCCCNC(=O)OCC1c2ccccc2-c2ccccc21)NC(=O)OCC1c2ccccc2-c2ccccc21. The maximum Gasteiger partial charge on any atom is 0.407 e. The van der Waals surface area contributed by atoms with E-state index in [0.717, 1.165) is 51.8 Å². The number of ketones is 1. The van der Waals surface area contributed by atoms with Crippen LogP contribution in [0.15, 0.2) is 180 Å². The van der Waals surface area contributed by atoms with Crippen LogP contribution in [-0.2, 0) is 14.3 Å². The first-order valence-electron chi connectivity index (χ1n) is 23.5. The average molecular weight is 883 g/mol. The van der Waals surface area contributed by atoms with E-state index in [1.165, 1.54) is 27.8 Å². The number of Topliss-reactive ketones (excluding diaryl/α,β-unsaturated/α-hetero) is 1. The predicted molar refractivity (Wildman–Crippen MR) is 271 cm³/mol. The highest BCUT2D eigenvalue weighted by Gasteiger charge is 2.31. The van der Waals surface area contributed by atoms with Crippen molar-refractivity contribution >= 4 is 18.0 Å². The minimum Gasteiger partial charge on any atom is -0.449 e. The molecule has 0 radical (unpaired) electrons. The molecule has 342 valence electrons. The van der Waals surface area contributed by atoms with Gasteiger partial charge in [0.2, 0.25) is 0 Å². The molecule has 2 aliphatic rings. The van der Waals surface area contributed by atoms with Crippen LogP contribution in [0.25, 0.3) is 22.3 Å². The number of ether oxygens (including phenoxy) is 2. The van der Waals surface area contributed by atoms with Crippen molar-refractivity contribution in [3.63, 3.8) is 0 Å². The smallest absolute Gasteiger partial charge is 0.407 e. The van der Waals surface area contributed by atoms with Gasteiger partial charge in [-0.3, -0.25) is 4.79 Å². The molecule has 0 aromatic heterocycles. The van der Waals surface area contributed by atoms with Crippen molar-refractivity contribution in [1.82, 2.24) is 10.6 Å². The molecule has 1 atom stereocenters. The summed E-state index contributed by atoms with van der Waals surface area (Å²) >= 11 is 0. The lowest BCUT2D eigenvalue weighted by Crippen LogP contribution is -2.41. The number of nitrogens with one attached hydrogen (secondary N) is 2. The summed E-state index contributed by atoms with van der Waals surface area (Å²) < 4.78 is 11.6. The largest absolute Gasteiger partial charge is 0.449 e. The van der Waals surface area contributed by atoms with E-state index in [1.807, 2.05) is 67.6 Å². The third-order valence-electron chi connectivity index (χ3n) is 12.4. The zero-order chi connectivity index (χ0) is 46.7. The molecule has 2 aliphatic carbocycles. The number of unbranched alkanes of at least 4 members (excludes halogenated alkanes) is 1. The zero-order valence-corrected chi connectivity index (χ0v) is 39.4. The molecule has 0 saturated carbocycles. The number of fused-ring (bicyclic) bond motifs is 6. The highest BCUT2D eigenvalue weighted by Crippen LogP contribution is 2.45. The van der Waals surface area contributed by atoms with Crippen LogP contribution in [0.1, 0.15) is 114 Å². The Morgan fingerprint density at radius 3 is 1.59 bits per heavy atom. The third kappa shape index (κ3) is 13.9. The van der Waals surface area contributed by atoms with Crippen LogP contribution < -0.4 is 10.6 Å². The lowest BCUT2D eigenvalue weighted by Gasteiger charge is -2.20. The molecule has 4 aromatic rings. The van der Waals surface area contributed by atoms with Gasteiger partial charge < -0.3 is 20.1 Å². The molecule has 0 heterocycles. The Kier molecular flexibility index (Phi) is 18.5. The summed E-state index contributed by atoms with van der Waals surface area (Å²) in [5.74, 6) is -0.140. The molecule has 7 heteroatoms. The van der Waals surface area contributed by atoms with Gasteiger partial charge in [-0.1, -0.05) is 180 Å². The van der Waals surface area contributed by atoms with Gasteiger partial charge >= 0.3 is 12.2 Å². The van der Waals surface area contributed by atoms with E-state index >= 15 is 0 Å². The van der Waals surface area contributed by atoms with Crippen LogP contribution in [0.2, 0.25) is 0 Å². The van der Waals surface area contributed by atoms with Crippen molar-refractivity contribution in [2.45, 2.75) is 97.4 Å². The molecular weight excluding hydrogens is 817 g/mol. The third-order valence-corrected chi connectivity index (χ3v) is 12.4.